The summed E-state index contributed by atoms with van der Waals surface area (Å²) in [4.78, 5) is 17.0. The largest absolute Gasteiger partial charge is 0.492 e. The van der Waals surface area contributed by atoms with Gasteiger partial charge in [0.25, 0.3) is 5.91 Å². The van der Waals surface area contributed by atoms with Crippen LogP contribution < -0.4 is 14.8 Å². The van der Waals surface area contributed by atoms with Gasteiger partial charge in [-0.2, -0.15) is 0 Å². The molecule has 27 heavy (non-hydrogen) atoms. The van der Waals surface area contributed by atoms with Crippen LogP contribution in [0.3, 0.4) is 0 Å². The molecule has 1 amide bonds. The summed E-state index contributed by atoms with van der Waals surface area (Å²) in [6, 6.07) is 9.38. The van der Waals surface area contributed by atoms with Crippen LogP contribution in [0.25, 0.3) is 10.2 Å². The van der Waals surface area contributed by atoms with E-state index in [1.807, 2.05) is 51.1 Å². The summed E-state index contributed by atoms with van der Waals surface area (Å²) in [7, 11) is 0. The van der Waals surface area contributed by atoms with Crippen LogP contribution >= 0.6 is 22.9 Å². The number of hydrogen-bond acceptors (Lipinski definition) is 5. The number of carbonyl (C=O) groups is 1. The topological polar surface area (TPSA) is 60.5 Å². The van der Waals surface area contributed by atoms with Crippen LogP contribution in [0.2, 0.25) is 5.02 Å². The number of halogens is 1. The lowest BCUT2D eigenvalue weighted by atomic mass is 10.1. The Morgan fingerprint density at radius 1 is 1.30 bits per heavy atom. The highest BCUT2D eigenvalue weighted by atomic mass is 35.5. The number of amides is 1. The third-order valence-corrected chi connectivity index (χ3v) is 5.54. The lowest BCUT2D eigenvalue weighted by Crippen LogP contribution is -2.30. The number of hydrogen-bond donors (Lipinski definition) is 1. The van der Waals surface area contributed by atoms with Crippen molar-refractivity contribution in [3.8, 4) is 11.5 Å². The SMILES string of the molecule is CCOc1cccc2sc(NC(=O)C(C)Oc3cc(C)c(Cl)c(C)c3)nc12. The summed E-state index contributed by atoms with van der Waals surface area (Å²) in [6.07, 6.45) is -0.677. The third kappa shape index (κ3) is 4.34. The van der Waals surface area contributed by atoms with Gasteiger partial charge in [-0.05, 0) is 63.1 Å². The number of ether oxygens (including phenoxy) is 2. The second-order valence-electron chi connectivity index (χ2n) is 6.18. The molecule has 1 atom stereocenters. The van der Waals surface area contributed by atoms with Gasteiger partial charge in [-0.1, -0.05) is 29.0 Å². The molecular weight excluding hydrogens is 384 g/mol. The zero-order valence-electron chi connectivity index (χ0n) is 15.6. The van der Waals surface area contributed by atoms with Gasteiger partial charge in [-0.25, -0.2) is 4.98 Å². The van der Waals surface area contributed by atoms with Crippen LogP contribution in [0, 0.1) is 13.8 Å². The van der Waals surface area contributed by atoms with Crippen LogP contribution in [0.5, 0.6) is 11.5 Å². The van der Waals surface area contributed by atoms with Crippen molar-refractivity contribution in [2.45, 2.75) is 33.8 Å². The van der Waals surface area contributed by atoms with Gasteiger partial charge in [-0.15, -0.1) is 0 Å². The third-order valence-electron chi connectivity index (χ3n) is 4.00. The number of rotatable bonds is 6. The first kappa shape index (κ1) is 19.5. The number of anilines is 1. The molecule has 3 rings (SSSR count). The number of aryl methyl sites for hydroxylation is 2. The van der Waals surface area contributed by atoms with Crippen LogP contribution in [0.1, 0.15) is 25.0 Å². The minimum atomic E-state index is -0.677. The molecule has 1 aromatic heterocycles. The molecule has 0 saturated heterocycles. The normalized spacial score (nSPS) is 12.0. The van der Waals surface area contributed by atoms with E-state index in [4.69, 9.17) is 21.1 Å². The fourth-order valence-electron chi connectivity index (χ4n) is 2.69. The summed E-state index contributed by atoms with van der Waals surface area (Å²) in [5.74, 6) is 1.06. The van der Waals surface area contributed by atoms with E-state index < -0.39 is 6.10 Å². The number of para-hydroxylation sites is 1. The monoisotopic (exact) mass is 404 g/mol. The standard InChI is InChI=1S/C20H21ClN2O3S/c1-5-25-15-7-6-8-16-18(15)22-20(27-16)23-19(24)13(4)26-14-9-11(2)17(21)12(3)10-14/h6-10,13H,5H2,1-4H3,(H,22,23,24). The van der Waals surface area contributed by atoms with E-state index in [0.29, 0.717) is 28.3 Å². The molecule has 0 radical (unpaired) electrons. The molecule has 0 aliphatic heterocycles. The van der Waals surface area contributed by atoms with E-state index >= 15 is 0 Å². The number of fused-ring (bicyclic) bond motifs is 1. The van der Waals surface area contributed by atoms with Gasteiger partial charge in [0.15, 0.2) is 11.2 Å². The van der Waals surface area contributed by atoms with Crippen LogP contribution in [-0.4, -0.2) is 23.6 Å². The molecule has 0 spiro atoms. The Bertz CT molecular complexity index is 964. The highest BCUT2D eigenvalue weighted by Gasteiger charge is 2.18. The Labute approximate surface area is 167 Å². The minimum Gasteiger partial charge on any atom is -0.492 e. The van der Waals surface area contributed by atoms with Crippen molar-refractivity contribution in [2.75, 3.05) is 11.9 Å². The summed E-state index contributed by atoms with van der Waals surface area (Å²) in [5, 5.41) is 4.05. The Morgan fingerprint density at radius 3 is 2.67 bits per heavy atom. The Kier molecular flexibility index (Phi) is 5.87. The van der Waals surface area contributed by atoms with Gasteiger partial charge in [-0.3, -0.25) is 10.1 Å². The van der Waals surface area contributed by atoms with Crippen LogP contribution in [0.4, 0.5) is 5.13 Å². The van der Waals surface area contributed by atoms with E-state index in [0.717, 1.165) is 21.3 Å². The van der Waals surface area contributed by atoms with Crippen molar-refractivity contribution in [2.24, 2.45) is 0 Å². The Hall–Kier alpha value is -2.31. The molecule has 0 saturated carbocycles. The number of aromatic nitrogens is 1. The van der Waals surface area contributed by atoms with Gasteiger partial charge in [0, 0.05) is 5.02 Å². The predicted molar refractivity (Wildman–Crippen MR) is 110 cm³/mol. The van der Waals surface area contributed by atoms with Gasteiger partial charge in [0.2, 0.25) is 0 Å². The smallest absolute Gasteiger partial charge is 0.266 e. The molecule has 7 heteroatoms. The van der Waals surface area contributed by atoms with E-state index in [-0.39, 0.29) is 5.91 Å². The number of carbonyl (C=O) groups excluding carboxylic acids is 1. The molecule has 0 aliphatic rings. The number of nitrogens with zero attached hydrogens (tertiary/aromatic N) is 1. The summed E-state index contributed by atoms with van der Waals surface area (Å²) < 4.78 is 12.3. The zero-order valence-corrected chi connectivity index (χ0v) is 17.2. The van der Waals surface area contributed by atoms with E-state index in [1.54, 1.807) is 6.92 Å². The average Bonchev–Trinajstić information content (AvgIpc) is 3.03. The Morgan fingerprint density at radius 2 is 2.00 bits per heavy atom. The molecule has 3 aromatic rings. The predicted octanol–water partition coefficient (Wildman–Crippen LogP) is 5.37. The van der Waals surface area contributed by atoms with Gasteiger partial charge in [0.1, 0.15) is 17.0 Å². The Balaban J connectivity index is 1.73. The molecule has 2 aromatic carbocycles. The highest BCUT2D eigenvalue weighted by molar-refractivity contribution is 7.22. The average molecular weight is 405 g/mol. The van der Waals surface area contributed by atoms with E-state index in [2.05, 4.69) is 10.3 Å². The molecule has 1 N–H and O–H groups in total. The lowest BCUT2D eigenvalue weighted by Gasteiger charge is -2.15. The molecule has 0 bridgehead atoms. The maximum Gasteiger partial charge on any atom is 0.266 e. The molecule has 1 unspecified atom stereocenters. The van der Waals surface area contributed by atoms with Crippen LogP contribution in [-0.2, 0) is 4.79 Å². The molecule has 1 heterocycles. The van der Waals surface area contributed by atoms with Crippen molar-refractivity contribution >= 4 is 44.2 Å². The van der Waals surface area contributed by atoms with Crippen molar-refractivity contribution in [1.29, 1.82) is 0 Å². The first-order chi connectivity index (χ1) is 12.9. The van der Waals surface area contributed by atoms with Gasteiger partial charge < -0.3 is 9.47 Å². The number of benzene rings is 2. The van der Waals surface area contributed by atoms with Crippen LogP contribution in [0.15, 0.2) is 30.3 Å². The summed E-state index contributed by atoms with van der Waals surface area (Å²) in [5.41, 5.74) is 2.57. The van der Waals surface area contributed by atoms with Crippen molar-refractivity contribution in [3.63, 3.8) is 0 Å². The highest BCUT2D eigenvalue weighted by Crippen LogP contribution is 2.32. The second-order valence-corrected chi connectivity index (χ2v) is 7.58. The van der Waals surface area contributed by atoms with Crippen molar-refractivity contribution in [3.05, 3.63) is 46.5 Å². The second kappa shape index (κ2) is 8.15. The molecular formula is C20H21ClN2O3S. The number of thiazole rings is 1. The molecule has 0 fully saturated rings. The van der Waals surface area contributed by atoms with Gasteiger partial charge >= 0.3 is 0 Å². The first-order valence-electron chi connectivity index (χ1n) is 8.65. The summed E-state index contributed by atoms with van der Waals surface area (Å²) in [6.45, 7) is 8.00. The van der Waals surface area contributed by atoms with E-state index in [9.17, 15) is 4.79 Å². The number of nitrogens with one attached hydrogen (secondary N) is 1. The lowest BCUT2D eigenvalue weighted by molar-refractivity contribution is -0.122. The quantitative estimate of drug-likeness (QED) is 0.599. The van der Waals surface area contributed by atoms with Crippen molar-refractivity contribution in [1.82, 2.24) is 4.98 Å². The fraction of sp³-hybridized carbons (Fsp3) is 0.300. The maximum absolute atomic E-state index is 12.5. The van der Waals surface area contributed by atoms with E-state index in [1.165, 1.54) is 11.3 Å². The minimum absolute atomic E-state index is 0.266. The summed E-state index contributed by atoms with van der Waals surface area (Å²) >= 11 is 7.58. The molecule has 0 aliphatic carbocycles. The molecule has 142 valence electrons. The van der Waals surface area contributed by atoms with Crippen molar-refractivity contribution < 1.29 is 14.3 Å². The molecule has 5 nitrogen and oxygen atoms in total. The maximum atomic E-state index is 12.5. The first-order valence-corrected chi connectivity index (χ1v) is 9.85. The fourth-order valence-corrected chi connectivity index (χ4v) is 3.68. The van der Waals surface area contributed by atoms with Gasteiger partial charge in [0.05, 0.1) is 11.3 Å². The zero-order chi connectivity index (χ0) is 19.6.